The maximum absolute atomic E-state index is 11.7. The third-order valence-corrected chi connectivity index (χ3v) is 4.19. The Bertz CT molecular complexity index is 489. The molecular formula is C16H22N2O2. The monoisotopic (exact) mass is 274 g/mol. The topological polar surface area (TPSA) is 32.8 Å². The normalized spacial score (nSPS) is 21.9. The van der Waals surface area contributed by atoms with E-state index in [-0.39, 0.29) is 6.10 Å². The van der Waals surface area contributed by atoms with E-state index in [1.807, 2.05) is 23.1 Å². The number of hydrogen-bond acceptors (Lipinski definition) is 3. The van der Waals surface area contributed by atoms with Gasteiger partial charge in [0.1, 0.15) is 11.9 Å². The number of anilines is 1. The second kappa shape index (κ2) is 5.73. The molecule has 0 saturated carbocycles. The summed E-state index contributed by atoms with van der Waals surface area (Å²) in [7, 11) is 0. The van der Waals surface area contributed by atoms with Crippen LogP contribution in [0, 0.1) is 0 Å². The van der Waals surface area contributed by atoms with Crippen molar-refractivity contribution in [3.05, 3.63) is 24.3 Å². The van der Waals surface area contributed by atoms with E-state index in [0.717, 1.165) is 56.9 Å². The van der Waals surface area contributed by atoms with Crippen molar-refractivity contribution in [3.63, 3.8) is 0 Å². The third kappa shape index (κ3) is 2.60. The van der Waals surface area contributed by atoms with Gasteiger partial charge in [-0.1, -0.05) is 19.1 Å². The van der Waals surface area contributed by atoms with E-state index in [0.29, 0.717) is 5.91 Å². The third-order valence-electron chi connectivity index (χ3n) is 4.19. The van der Waals surface area contributed by atoms with Crippen LogP contribution < -0.4 is 9.64 Å². The molecule has 0 aliphatic carbocycles. The zero-order chi connectivity index (χ0) is 13.9. The van der Waals surface area contributed by atoms with Gasteiger partial charge in [-0.2, -0.15) is 0 Å². The number of carbonyl (C=O) groups excluding carboxylic acids is 1. The molecule has 0 aromatic heterocycles. The van der Waals surface area contributed by atoms with E-state index in [9.17, 15) is 4.79 Å². The lowest BCUT2D eigenvalue weighted by atomic mass is 10.1. The SMILES string of the molecule is CC[C@@H]1CN(CCN2CCCC2=O)c2ccccc2O1. The van der Waals surface area contributed by atoms with Gasteiger partial charge in [-0.15, -0.1) is 0 Å². The van der Waals surface area contributed by atoms with E-state index in [4.69, 9.17) is 4.74 Å². The van der Waals surface area contributed by atoms with Crippen molar-refractivity contribution in [2.45, 2.75) is 32.3 Å². The molecule has 0 N–H and O–H groups in total. The van der Waals surface area contributed by atoms with Crippen LogP contribution in [0.5, 0.6) is 5.75 Å². The summed E-state index contributed by atoms with van der Waals surface area (Å²) in [5.41, 5.74) is 1.16. The van der Waals surface area contributed by atoms with Crippen LogP contribution in [0.15, 0.2) is 24.3 Å². The molecule has 2 heterocycles. The molecule has 1 saturated heterocycles. The fraction of sp³-hybridized carbons (Fsp3) is 0.562. The van der Waals surface area contributed by atoms with Crippen molar-refractivity contribution in [3.8, 4) is 5.75 Å². The lowest BCUT2D eigenvalue weighted by Crippen LogP contribution is -2.43. The second-order valence-corrected chi connectivity index (χ2v) is 5.55. The van der Waals surface area contributed by atoms with E-state index < -0.39 is 0 Å². The highest BCUT2D eigenvalue weighted by Gasteiger charge is 2.26. The van der Waals surface area contributed by atoms with E-state index in [1.54, 1.807) is 0 Å². The van der Waals surface area contributed by atoms with Crippen LogP contribution >= 0.6 is 0 Å². The number of likely N-dealkylation sites (tertiary alicyclic amines) is 1. The maximum atomic E-state index is 11.7. The van der Waals surface area contributed by atoms with Crippen molar-refractivity contribution in [2.75, 3.05) is 31.1 Å². The molecule has 1 atom stereocenters. The minimum Gasteiger partial charge on any atom is -0.486 e. The summed E-state index contributed by atoms with van der Waals surface area (Å²) in [5, 5.41) is 0. The summed E-state index contributed by atoms with van der Waals surface area (Å²) in [4.78, 5) is 16.0. The van der Waals surface area contributed by atoms with Gasteiger partial charge in [0.2, 0.25) is 5.91 Å². The fourth-order valence-corrected chi connectivity index (χ4v) is 2.99. The molecule has 1 amide bonds. The molecule has 108 valence electrons. The average Bonchev–Trinajstić information content (AvgIpc) is 2.89. The Morgan fingerprint density at radius 1 is 1.25 bits per heavy atom. The summed E-state index contributed by atoms with van der Waals surface area (Å²) < 4.78 is 5.98. The van der Waals surface area contributed by atoms with Crippen molar-refractivity contribution in [1.29, 1.82) is 0 Å². The minimum absolute atomic E-state index is 0.249. The van der Waals surface area contributed by atoms with Crippen molar-refractivity contribution < 1.29 is 9.53 Å². The molecule has 0 radical (unpaired) electrons. The molecule has 20 heavy (non-hydrogen) atoms. The Morgan fingerprint density at radius 3 is 2.80 bits per heavy atom. The Balaban J connectivity index is 1.70. The van der Waals surface area contributed by atoms with Crippen LogP contribution in [-0.4, -0.2) is 43.1 Å². The molecule has 0 bridgehead atoms. The summed E-state index contributed by atoms with van der Waals surface area (Å²) in [6.45, 7) is 5.70. The van der Waals surface area contributed by atoms with Gasteiger partial charge < -0.3 is 14.5 Å². The van der Waals surface area contributed by atoms with Crippen LogP contribution in [-0.2, 0) is 4.79 Å². The molecule has 1 aromatic rings. The van der Waals surface area contributed by atoms with Crippen LogP contribution in [0.3, 0.4) is 0 Å². The first-order chi connectivity index (χ1) is 9.78. The predicted octanol–water partition coefficient (Wildman–Crippen LogP) is 2.29. The summed E-state index contributed by atoms with van der Waals surface area (Å²) in [6, 6.07) is 8.19. The van der Waals surface area contributed by atoms with Gasteiger partial charge in [0.25, 0.3) is 0 Å². The number of nitrogens with zero attached hydrogens (tertiary/aromatic N) is 2. The van der Waals surface area contributed by atoms with Crippen molar-refractivity contribution in [1.82, 2.24) is 4.90 Å². The standard InChI is InChI=1S/C16H22N2O2/c1-2-13-12-18(11-10-17-9-5-8-16(17)19)14-6-3-4-7-15(14)20-13/h3-4,6-7,13H,2,5,8-12H2,1H3/t13-/m1/s1. The van der Waals surface area contributed by atoms with Gasteiger partial charge in [0.15, 0.2) is 0 Å². The van der Waals surface area contributed by atoms with E-state index in [2.05, 4.69) is 17.9 Å². The van der Waals surface area contributed by atoms with Gasteiger partial charge >= 0.3 is 0 Å². The zero-order valence-electron chi connectivity index (χ0n) is 12.0. The molecule has 1 aromatic carbocycles. The van der Waals surface area contributed by atoms with Gasteiger partial charge in [0.05, 0.1) is 12.2 Å². The van der Waals surface area contributed by atoms with E-state index in [1.165, 1.54) is 0 Å². The number of fused-ring (bicyclic) bond motifs is 1. The van der Waals surface area contributed by atoms with Gasteiger partial charge in [-0.25, -0.2) is 0 Å². The molecular weight excluding hydrogens is 252 g/mol. The highest BCUT2D eigenvalue weighted by atomic mass is 16.5. The van der Waals surface area contributed by atoms with E-state index >= 15 is 0 Å². The molecule has 4 heteroatoms. The van der Waals surface area contributed by atoms with Crippen molar-refractivity contribution >= 4 is 11.6 Å². The number of ether oxygens (including phenoxy) is 1. The Hall–Kier alpha value is -1.71. The first-order valence-corrected chi connectivity index (χ1v) is 7.56. The predicted molar refractivity (Wildman–Crippen MR) is 79.2 cm³/mol. The summed E-state index contributed by atoms with van der Waals surface area (Å²) in [5.74, 6) is 1.27. The van der Waals surface area contributed by atoms with Gasteiger partial charge in [-0.3, -0.25) is 4.79 Å². The van der Waals surface area contributed by atoms with Crippen LogP contribution in [0.25, 0.3) is 0 Å². The van der Waals surface area contributed by atoms with Gasteiger partial charge in [-0.05, 0) is 25.0 Å². The lowest BCUT2D eigenvalue weighted by molar-refractivity contribution is -0.127. The molecule has 2 aliphatic rings. The minimum atomic E-state index is 0.249. The largest absolute Gasteiger partial charge is 0.486 e. The highest BCUT2D eigenvalue weighted by Crippen LogP contribution is 2.33. The number of para-hydroxylation sites is 2. The zero-order valence-corrected chi connectivity index (χ0v) is 12.0. The number of benzene rings is 1. The molecule has 4 nitrogen and oxygen atoms in total. The van der Waals surface area contributed by atoms with Crippen LogP contribution in [0.1, 0.15) is 26.2 Å². The molecule has 0 spiro atoms. The Morgan fingerprint density at radius 2 is 2.05 bits per heavy atom. The quantitative estimate of drug-likeness (QED) is 0.844. The lowest BCUT2D eigenvalue weighted by Gasteiger charge is -2.36. The molecule has 1 fully saturated rings. The highest BCUT2D eigenvalue weighted by molar-refractivity contribution is 5.78. The maximum Gasteiger partial charge on any atom is 0.222 e. The number of amides is 1. The summed E-state index contributed by atoms with van der Waals surface area (Å²) >= 11 is 0. The Kier molecular flexibility index (Phi) is 3.81. The number of hydrogen-bond donors (Lipinski definition) is 0. The summed E-state index contributed by atoms with van der Waals surface area (Å²) in [6.07, 6.45) is 2.99. The number of carbonyl (C=O) groups is 1. The molecule has 3 rings (SSSR count). The first-order valence-electron chi connectivity index (χ1n) is 7.56. The van der Waals surface area contributed by atoms with Gasteiger partial charge in [0, 0.05) is 26.1 Å². The van der Waals surface area contributed by atoms with Crippen LogP contribution in [0.4, 0.5) is 5.69 Å². The fourth-order valence-electron chi connectivity index (χ4n) is 2.99. The van der Waals surface area contributed by atoms with Crippen LogP contribution in [0.2, 0.25) is 0 Å². The van der Waals surface area contributed by atoms with Crippen molar-refractivity contribution in [2.24, 2.45) is 0 Å². The molecule has 2 aliphatic heterocycles. The average molecular weight is 274 g/mol. The Labute approximate surface area is 120 Å². The number of rotatable bonds is 4. The molecule has 0 unspecified atom stereocenters. The first kappa shape index (κ1) is 13.3. The second-order valence-electron chi connectivity index (χ2n) is 5.55. The smallest absolute Gasteiger partial charge is 0.222 e.